The molecular weight excluding hydrogens is 412 g/mol. The second-order valence-corrected chi connectivity index (χ2v) is 9.70. The van der Waals surface area contributed by atoms with Gasteiger partial charge in [0.2, 0.25) is 0 Å². The number of hydrogen-bond acceptors (Lipinski definition) is 3. The largest absolute Gasteiger partial charge is 0.339 e. The Labute approximate surface area is 194 Å². The van der Waals surface area contributed by atoms with Crippen LogP contribution in [0.2, 0.25) is 0 Å². The summed E-state index contributed by atoms with van der Waals surface area (Å²) in [4.78, 5) is 22.6. The van der Waals surface area contributed by atoms with Crippen molar-refractivity contribution in [3.63, 3.8) is 0 Å². The van der Waals surface area contributed by atoms with Crippen molar-refractivity contribution >= 4 is 29.1 Å². The van der Waals surface area contributed by atoms with Crippen LogP contribution in [0.3, 0.4) is 0 Å². The molecule has 2 heterocycles. The minimum absolute atomic E-state index is 0.131. The van der Waals surface area contributed by atoms with E-state index in [2.05, 4.69) is 67.6 Å². The fourth-order valence-corrected chi connectivity index (χ4v) is 5.71. The first-order valence-electron chi connectivity index (χ1n) is 11.5. The summed E-state index contributed by atoms with van der Waals surface area (Å²) in [7, 11) is 0. The van der Waals surface area contributed by atoms with Crippen LogP contribution < -0.4 is 0 Å². The molecule has 4 heteroatoms. The van der Waals surface area contributed by atoms with Gasteiger partial charge in [-0.3, -0.25) is 9.79 Å². The van der Waals surface area contributed by atoms with Crippen molar-refractivity contribution in [1.82, 2.24) is 4.90 Å². The molecule has 3 nitrogen and oxygen atoms in total. The molecule has 0 spiro atoms. The SMILES string of the molecule is CCC1=Nc2cc(C(=O)N3CCC(Cc4ccccc4)CC3)ccc2Sc2ccccc21. The Hall–Kier alpha value is -2.85. The van der Waals surface area contributed by atoms with Crippen LogP contribution in [-0.4, -0.2) is 29.6 Å². The number of nitrogens with zero attached hydrogens (tertiary/aromatic N) is 2. The molecule has 0 N–H and O–H groups in total. The molecule has 0 bridgehead atoms. The topological polar surface area (TPSA) is 32.7 Å². The summed E-state index contributed by atoms with van der Waals surface area (Å²) in [6.45, 7) is 3.80. The molecule has 0 radical (unpaired) electrons. The minimum Gasteiger partial charge on any atom is -0.339 e. The average Bonchev–Trinajstić information content (AvgIpc) is 3.00. The van der Waals surface area contributed by atoms with E-state index in [9.17, 15) is 4.79 Å². The molecule has 0 unspecified atom stereocenters. The number of piperidine rings is 1. The lowest BCUT2D eigenvalue weighted by atomic mass is 9.90. The fraction of sp³-hybridized carbons (Fsp3) is 0.286. The van der Waals surface area contributed by atoms with Gasteiger partial charge < -0.3 is 4.90 Å². The van der Waals surface area contributed by atoms with E-state index in [1.165, 1.54) is 16.0 Å². The highest BCUT2D eigenvalue weighted by Gasteiger charge is 2.25. The minimum atomic E-state index is 0.131. The zero-order valence-corrected chi connectivity index (χ0v) is 19.3. The van der Waals surface area contributed by atoms with Crippen LogP contribution in [0.15, 0.2) is 87.6 Å². The van der Waals surface area contributed by atoms with Crippen molar-refractivity contribution in [2.24, 2.45) is 10.9 Å². The van der Waals surface area contributed by atoms with E-state index < -0.39 is 0 Å². The fourth-order valence-electron chi connectivity index (χ4n) is 4.68. The zero-order valence-electron chi connectivity index (χ0n) is 18.5. The number of rotatable bonds is 4. The number of fused-ring (bicyclic) bond motifs is 2. The third-order valence-corrected chi connectivity index (χ3v) is 7.62. The Morgan fingerprint density at radius 2 is 1.72 bits per heavy atom. The third kappa shape index (κ3) is 4.37. The number of likely N-dealkylation sites (tertiary alicyclic amines) is 1. The molecule has 0 aliphatic carbocycles. The van der Waals surface area contributed by atoms with E-state index in [1.54, 1.807) is 11.8 Å². The number of carbonyl (C=O) groups is 1. The number of benzene rings is 3. The molecule has 162 valence electrons. The molecular formula is C28H28N2OS. The third-order valence-electron chi connectivity index (χ3n) is 6.48. The van der Waals surface area contributed by atoms with E-state index in [-0.39, 0.29) is 5.91 Å². The summed E-state index contributed by atoms with van der Waals surface area (Å²) in [5, 5.41) is 0. The Bertz CT molecular complexity index is 1150. The first-order valence-corrected chi connectivity index (χ1v) is 12.3. The van der Waals surface area contributed by atoms with Gasteiger partial charge >= 0.3 is 0 Å². The zero-order chi connectivity index (χ0) is 21.9. The molecule has 2 aliphatic heterocycles. The molecule has 1 fully saturated rings. The van der Waals surface area contributed by atoms with Crippen LogP contribution >= 0.6 is 11.8 Å². The van der Waals surface area contributed by atoms with Crippen LogP contribution in [0.4, 0.5) is 5.69 Å². The van der Waals surface area contributed by atoms with Gasteiger partial charge in [-0.05, 0) is 61.4 Å². The lowest BCUT2D eigenvalue weighted by Crippen LogP contribution is -2.38. The number of amides is 1. The maximum atomic E-state index is 13.3. The lowest BCUT2D eigenvalue weighted by molar-refractivity contribution is 0.0690. The summed E-state index contributed by atoms with van der Waals surface area (Å²) in [6.07, 6.45) is 4.10. The summed E-state index contributed by atoms with van der Waals surface area (Å²) in [5.74, 6) is 0.783. The van der Waals surface area contributed by atoms with Gasteiger partial charge in [0.25, 0.3) is 5.91 Å². The Balaban J connectivity index is 1.31. The lowest BCUT2D eigenvalue weighted by Gasteiger charge is -2.32. The highest BCUT2D eigenvalue weighted by atomic mass is 32.2. The smallest absolute Gasteiger partial charge is 0.253 e. The number of carbonyl (C=O) groups excluding carboxylic acids is 1. The van der Waals surface area contributed by atoms with E-state index in [0.717, 1.165) is 60.6 Å². The first kappa shape index (κ1) is 21.0. The van der Waals surface area contributed by atoms with Gasteiger partial charge in [-0.15, -0.1) is 0 Å². The summed E-state index contributed by atoms with van der Waals surface area (Å²) < 4.78 is 0. The van der Waals surface area contributed by atoms with E-state index in [4.69, 9.17) is 4.99 Å². The molecule has 1 saturated heterocycles. The standard InChI is InChI=1S/C28H28N2OS/c1-2-24-23-10-6-7-11-26(23)32-27-13-12-22(19-25(27)29-24)28(31)30-16-14-21(15-17-30)18-20-8-4-3-5-9-20/h3-13,19,21H,2,14-18H2,1H3. The van der Waals surface area contributed by atoms with Gasteiger partial charge in [-0.25, -0.2) is 0 Å². The molecule has 3 aromatic rings. The Kier molecular flexibility index (Phi) is 6.13. The van der Waals surface area contributed by atoms with Gasteiger partial charge in [0.05, 0.1) is 5.69 Å². The second kappa shape index (κ2) is 9.33. The predicted octanol–water partition coefficient (Wildman–Crippen LogP) is 6.78. The summed E-state index contributed by atoms with van der Waals surface area (Å²) in [6, 6.07) is 25.1. The molecule has 1 amide bonds. The summed E-state index contributed by atoms with van der Waals surface area (Å²) in [5.41, 5.74) is 5.33. The first-order chi connectivity index (χ1) is 15.7. The van der Waals surface area contributed by atoms with Crippen molar-refractivity contribution in [2.75, 3.05) is 13.1 Å². The van der Waals surface area contributed by atoms with Gasteiger partial charge in [-0.2, -0.15) is 0 Å². The number of hydrogen-bond donors (Lipinski definition) is 0. The van der Waals surface area contributed by atoms with Crippen LogP contribution in [0, 0.1) is 5.92 Å². The Morgan fingerprint density at radius 3 is 2.50 bits per heavy atom. The second-order valence-electron chi connectivity index (χ2n) is 8.62. The van der Waals surface area contributed by atoms with E-state index >= 15 is 0 Å². The molecule has 0 aromatic heterocycles. The van der Waals surface area contributed by atoms with Crippen molar-refractivity contribution < 1.29 is 4.79 Å². The monoisotopic (exact) mass is 440 g/mol. The van der Waals surface area contributed by atoms with Crippen LogP contribution in [0.25, 0.3) is 0 Å². The van der Waals surface area contributed by atoms with Crippen LogP contribution in [0.1, 0.15) is 47.7 Å². The highest BCUT2D eigenvalue weighted by molar-refractivity contribution is 7.99. The van der Waals surface area contributed by atoms with E-state index in [1.807, 2.05) is 17.0 Å². The molecule has 0 atom stereocenters. The van der Waals surface area contributed by atoms with E-state index in [0.29, 0.717) is 5.92 Å². The van der Waals surface area contributed by atoms with Crippen molar-refractivity contribution in [2.45, 2.75) is 42.4 Å². The van der Waals surface area contributed by atoms with Crippen LogP contribution in [-0.2, 0) is 6.42 Å². The van der Waals surface area contributed by atoms with Gasteiger partial charge in [0.1, 0.15) is 0 Å². The van der Waals surface area contributed by atoms with Crippen molar-refractivity contribution in [3.05, 3.63) is 89.5 Å². The van der Waals surface area contributed by atoms with Crippen LogP contribution in [0.5, 0.6) is 0 Å². The van der Waals surface area contributed by atoms with Crippen molar-refractivity contribution in [3.8, 4) is 0 Å². The Morgan fingerprint density at radius 1 is 0.969 bits per heavy atom. The maximum Gasteiger partial charge on any atom is 0.253 e. The summed E-state index contributed by atoms with van der Waals surface area (Å²) >= 11 is 1.74. The number of aliphatic imine (C=N–C) groups is 1. The van der Waals surface area contributed by atoms with Gasteiger partial charge in [0.15, 0.2) is 0 Å². The van der Waals surface area contributed by atoms with Crippen molar-refractivity contribution in [1.29, 1.82) is 0 Å². The van der Waals surface area contributed by atoms with Gasteiger partial charge in [0, 0.05) is 39.7 Å². The molecule has 2 aliphatic rings. The molecule has 0 saturated carbocycles. The average molecular weight is 441 g/mol. The molecule has 32 heavy (non-hydrogen) atoms. The molecule has 5 rings (SSSR count). The molecule has 3 aromatic carbocycles. The quantitative estimate of drug-likeness (QED) is 0.448. The maximum absolute atomic E-state index is 13.3. The van der Waals surface area contributed by atoms with Gasteiger partial charge in [-0.1, -0.05) is 67.2 Å². The predicted molar refractivity (Wildman–Crippen MR) is 132 cm³/mol. The highest BCUT2D eigenvalue weighted by Crippen LogP contribution is 2.41. The normalized spacial score (nSPS) is 16.0.